The fraction of sp³-hybridized carbons (Fsp3) is 0.577. The fourth-order valence-corrected chi connectivity index (χ4v) is 3.68. The third kappa shape index (κ3) is 11.6. The number of nitrogens with one attached hydrogen (secondary N) is 2. The van der Waals surface area contributed by atoms with E-state index in [-0.39, 0.29) is 68.4 Å². The van der Waals surface area contributed by atoms with E-state index in [9.17, 15) is 24.0 Å². The summed E-state index contributed by atoms with van der Waals surface area (Å²) in [4.78, 5) is 61.1. The molecule has 3 atom stereocenters. The minimum atomic E-state index is -0.819. The van der Waals surface area contributed by atoms with Gasteiger partial charge in [-0.1, -0.05) is 50.6 Å². The Balaban J connectivity index is 2.67. The maximum Gasteiger partial charge on any atom is 0.312 e. The number of hydrogen-bond donors (Lipinski definition) is 4. The van der Waals surface area contributed by atoms with E-state index in [0.29, 0.717) is 18.4 Å². The van der Waals surface area contributed by atoms with Crippen molar-refractivity contribution in [2.45, 2.75) is 72.2 Å². The lowest BCUT2D eigenvalue weighted by Crippen LogP contribution is -2.45. The van der Waals surface area contributed by atoms with Gasteiger partial charge < -0.3 is 22.1 Å². The van der Waals surface area contributed by atoms with E-state index in [4.69, 9.17) is 8.52 Å². The monoisotopic (exact) mass is 490 g/mol. The number of carbonyl (C=O) groups excluding carboxylic acids is 5. The zero-order valence-corrected chi connectivity index (χ0v) is 20.9. The highest BCUT2D eigenvalue weighted by atomic mass is 16.2. The van der Waals surface area contributed by atoms with Crippen molar-refractivity contribution in [3.05, 3.63) is 35.4 Å². The van der Waals surface area contributed by atoms with E-state index in [1.165, 1.54) is 0 Å². The highest BCUT2D eigenvalue weighted by Crippen LogP contribution is 2.18. The molecular formula is C26H40N4O5. The summed E-state index contributed by atoms with van der Waals surface area (Å²) >= 11 is 0. The van der Waals surface area contributed by atoms with Crippen LogP contribution in [0.1, 0.15) is 76.6 Å². The van der Waals surface area contributed by atoms with Crippen molar-refractivity contribution in [3.63, 3.8) is 0 Å². The summed E-state index contributed by atoms with van der Waals surface area (Å²) in [5.74, 6) is -2.67. The molecule has 1 unspecified atom stereocenters. The Morgan fingerprint density at radius 3 is 2.31 bits per heavy atom. The zero-order valence-electron chi connectivity index (χ0n) is 22.9. The highest BCUT2D eigenvalue weighted by Gasteiger charge is 2.28. The van der Waals surface area contributed by atoms with E-state index in [0.717, 1.165) is 5.56 Å². The topological polar surface area (TPSA) is 161 Å². The van der Waals surface area contributed by atoms with Gasteiger partial charge >= 0.3 is 6.03 Å². The predicted molar refractivity (Wildman–Crippen MR) is 134 cm³/mol. The molecule has 0 aliphatic carbocycles. The minimum Gasteiger partial charge on any atom is -0.369 e. The first-order valence-corrected chi connectivity index (χ1v) is 11.9. The van der Waals surface area contributed by atoms with Crippen molar-refractivity contribution >= 4 is 29.4 Å². The molecular weight excluding hydrogens is 448 g/mol. The van der Waals surface area contributed by atoms with Crippen molar-refractivity contribution in [2.75, 3.05) is 6.54 Å². The Morgan fingerprint density at radius 2 is 1.74 bits per heavy atom. The smallest absolute Gasteiger partial charge is 0.312 e. The van der Waals surface area contributed by atoms with Crippen LogP contribution in [0.5, 0.6) is 0 Å². The van der Waals surface area contributed by atoms with Crippen LogP contribution in [0.3, 0.4) is 0 Å². The number of hydrogen-bond acceptors (Lipinski definition) is 5. The minimum absolute atomic E-state index is 0.00590. The van der Waals surface area contributed by atoms with Gasteiger partial charge in [-0.05, 0) is 38.0 Å². The van der Waals surface area contributed by atoms with Gasteiger partial charge in [0.15, 0.2) is 13.0 Å². The third-order valence-electron chi connectivity index (χ3n) is 5.80. The summed E-state index contributed by atoms with van der Waals surface area (Å²) in [6, 6.07) is 5.72. The molecule has 9 heteroatoms. The first-order valence-electron chi connectivity index (χ1n) is 13.1. The number of ketones is 2. The molecule has 0 aliphatic heterocycles. The number of carbonyl (C=O) groups is 5. The molecule has 0 heterocycles. The molecule has 9 nitrogen and oxygen atoms in total. The highest BCUT2D eigenvalue weighted by molar-refractivity contribution is 5.96. The van der Waals surface area contributed by atoms with Crippen LogP contribution < -0.4 is 22.1 Å². The van der Waals surface area contributed by atoms with Crippen LogP contribution in [-0.2, 0) is 14.4 Å². The SMILES string of the molecule is [2H]CC(CCC(=O)N[C@H](C(=O)C[C@@H](CCCNC(N)=O)C(=O)N[2H])C(C)C)CC(=O)c1ccc(C)cc1. The third-order valence-corrected chi connectivity index (χ3v) is 5.80. The molecule has 1 rings (SSSR count). The first kappa shape index (κ1) is 26.4. The Hall–Kier alpha value is -3.23. The number of aryl methyl sites for hydroxylation is 1. The van der Waals surface area contributed by atoms with E-state index in [1.54, 1.807) is 26.0 Å². The lowest BCUT2D eigenvalue weighted by molar-refractivity contribution is -0.131. The van der Waals surface area contributed by atoms with Gasteiger partial charge in [0.25, 0.3) is 0 Å². The maximum atomic E-state index is 13.0. The predicted octanol–water partition coefficient (Wildman–Crippen LogP) is 2.63. The van der Waals surface area contributed by atoms with E-state index in [1.807, 2.05) is 24.8 Å². The average molecular weight is 491 g/mol. The first-order chi connectivity index (χ1) is 17.5. The fourth-order valence-electron chi connectivity index (χ4n) is 3.68. The molecule has 35 heavy (non-hydrogen) atoms. The molecule has 194 valence electrons. The number of nitrogens with two attached hydrogens (primary N) is 2. The largest absolute Gasteiger partial charge is 0.369 e. The second-order valence-corrected chi connectivity index (χ2v) is 9.35. The van der Waals surface area contributed by atoms with Crippen LogP contribution in [0.15, 0.2) is 24.3 Å². The van der Waals surface area contributed by atoms with Crippen molar-refractivity contribution in [1.82, 2.24) is 10.6 Å². The molecule has 0 saturated carbocycles. The molecule has 4 amide bonds. The molecule has 0 bridgehead atoms. The van der Waals surface area contributed by atoms with Crippen LogP contribution >= 0.6 is 0 Å². The molecule has 0 fully saturated rings. The van der Waals surface area contributed by atoms with Crippen LogP contribution in [0.4, 0.5) is 4.79 Å². The van der Waals surface area contributed by atoms with Crippen molar-refractivity contribution in [3.8, 4) is 0 Å². The van der Waals surface area contributed by atoms with Gasteiger partial charge in [0.05, 0.1) is 6.04 Å². The Labute approximate surface area is 210 Å². The van der Waals surface area contributed by atoms with Crippen LogP contribution in [0.25, 0.3) is 0 Å². The van der Waals surface area contributed by atoms with Gasteiger partial charge in [0, 0.05) is 38.7 Å². The van der Waals surface area contributed by atoms with Gasteiger partial charge in [-0.15, -0.1) is 0 Å². The second kappa shape index (κ2) is 14.9. The number of urea groups is 1. The Morgan fingerprint density at radius 1 is 1.06 bits per heavy atom. The number of Topliss-reactive ketones (excluding diaryl/α,β-unsaturated/α-hetero) is 2. The van der Waals surface area contributed by atoms with Gasteiger partial charge in [0.1, 0.15) is 0 Å². The zero-order chi connectivity index (χ0) is 28.0. The normalized spacial score (nSPS) is 14.2. The molecule has 1 aromatic carbocycles. The Kier molecular flexibility index (Phi) is 11.2. The standard InChI is InChI=1S/C26H40N4O5/c1-16(2)24(22(32)15-20(25(27)34)6-5-13-29-26(28)35)30-23(33)12-9-18(4)14-21(31)19-10-7-17(3)8-11-19/h7-8,10-11,16,18,20,24H,5-6,9,12-15H2,1-4H3,(H2,27,34)(H,30,33)(H3,28,29,35)/t18?,20-,24+/m1/s1/i4D/hD. The maximum absolute atomic E-state index is 13.0. The summed E-state index contributed by atoms with van der Waals surface area (Å²) in [5.41, 5.74) is 8.46. The van der Waals surface area contributed by atoms with Crippen molar-refractivity contribution in [2.24, 2.45) is 29.2 Å². The van der Waals surface area contributed by atoms with Gasteiger partial charge in [0.2, 0.25) is 11.8 Å². The van der Waals surface area contributed by atoms with Crippen molar-refractivity contribution < 1.29 is 26.8 Å². The van der Waals surface area contributed by atoms with Gasteiger partial charge in [-0.3, -0.25) is 19.2 Å². The average Bonchev–Trinajstić information content (AvgIpc) is 2.86. The lowest BCUT2D eigenvalue weighted by atomic mass is 9.89. The van der Waals surface area contributed by atoms with Gasteiger partial charge in [-0.25, -0.2) is 4.79 Å². The van der Waals surface area contributed by atoms with E-state index >= 15 is 0 Å². The quantitative estimate of drug-likeness (QED) is 0.206. The summed E-state index contributed by atoms with van der Waals surface area (Å²) in [6.07, 6.45) is 1.06. The van der Waals surface area contributed by atoms with Crippen molar-refractivity contribution in [1.29, 1.82) is 0 Å². The van der Waals surface area contributed by atoms with Crippen LogP contribution in [0, 0.1) is 24.7 Å². The summed E-state index contributed by atoms with van der Waals surface area (Å²) in [7, 11) is 0. The number of benzene rings is 1. The summed E-state index contributed by atoms with van der Waals surface area (Å²) < 4.78 is 14.9. The van der Waals surface area contributed by atoms with Crippen LogP contribution in [0.2, 0.25) is 1.41 Å². The molecule has 6 N–H and O–H groups in total. The van der Waals surface area contributed by atoms with Crippen LogP contribution in [-0.4, -0.2) is 42.0 Å². The lowest BCUT2D eigenvalue weighted by Gasteiger charge is -2.23. The second-order valence-electron chi connectivity index (χ2n) is 9.35. The summed E-state index contributed by atoms with van der Waals surface area (Å²) in [5, 5.41) is 5.16. The molecule has 0 aliphatic rings. The molecule has 0 radical (unpaired) electrons. The Bertz CT molecular complexity index is 924. The van der Waals surface area contributed by atoms with Gasteiger partial charge in [-0.2, -0.15) is 0 Å². The summed E-state index contributed by atoms with van der Waals surface area (Å²) in [6.45, 7) is 5.74. The molecule has 0 spiro atoms. The number of amides is 4. The molecule has 1 aromatic rings. The number of primary amides is 2. The van der Waals surface area contributed by atoms with E-state index < -0.39 is 23.9 Å². The molecule has 0 saturated heterocycles. The number of rotatable bonds is 16. The molecule has 0 aromatic heterocycles. The van der Waals surface area contributed by atoms with E-state index in [2.05, 4.69) is 10.6 Å².